The minimum Gasteiger partial charge on any atom is -0.609 e. The Kier molecular flexibility index (Phi) is 4.35. The molecule has 4 rings (SSSR count). The SMILES string of the molecule is [O-][S+]1COc2cc(-c3ccc(OC[C@@H]4CCNC4)c(F)c3)ccc21. The third-order valence-electron chi connectivity index (χ3n) is 4.41. The fourth-order valence-corrected chi connectivity index (χ4v) is 3.95. The Morgan fingerprint density at radius 2 is 2.08 bits per heavy atom. The second-order valence-corrected chi connectivity index (χ2v) is 7.45. The fraction of sp³-hybridized carbons (Fsp3) is 0.333. The lowest BCUT2D eigenvalue weighted by molar-refractivity contribution is 0.249. The van der Waals surface area contributed by atoms with Gasteiger partial charge in [0, 0.05) is 23.6 Å². The first-order valence-corrected chi connectivity index (χ1v) is 9.31. The van der Waals surface area contributed by atoms with Gasteiger partial charge in [-0.25, -0.2) is 4.39 Å². The molecular formula is C18H18FNO3S. The van der Waals surface area contributed by atoms with Gasteiger partial charge >= 0.3 is 0 Å². The molecule has 0 amide bonds. The summed E-state index contributed by atoms with van der Waals surface area (Å²) in [4.78, 5) is 0.698. The van der Waals surface area contributed by atoms with Crippen LogP contribution < -0.4 is 14.8 Å². The molecule has 0 saturated carbocycles. The number of fused-ring (bicyclic) bond motifs is 1. The van der Waals surface area contributed by atoms with Crippen molar-refractivity contribution < 1.29 is 18.4 Å². The number of hydrogen-bond acceptors (Lipinski definition) is 4. The average Bonchev–Trinajstić information content (AvgIpc) is 3.23. The predicted octanol–water partition coefficient (Wildman–Crippen LogP) is 2.94. The zero-order valence-electron chi connectivity index (χ0n) is 13.1. The van der Waals surface area contributed by atoms with Gasteiger partial charge in [-0.2, -0.15) is 0 Å². The second-order valence-electron chi connectivity index (χ2n) is 6.08. The number of nitrogens with one attached hydrogen (secondary N) is 1. The van der Waals surface area contributed by atoms with Crippen LogP contribution in [0.1, 0.15) is 6.42 Å². The molecule has 0 aliphatic carbocycles. The van der Waals surface area contributed by atoms with Crippen LogP contribution in [0.4, 0.5) is 4.39 Å². The minimum atomic E-state index is -1.10. The highest BCUT2D eigenvalue weighted by atomic mass is 32.2. The Balaban J connectivity index is 1.51. The molecule has 0 spiro atoms. The Morgan fingerprint density at radius 3 is 2.88 bits per heavy atom. The predicted molar refractivity (Wildman–Crippen MR) is 90.2 cm³/mol. The van der Waals surface area contributed by atoms with E-state index in [2.05, 4.69) is 5.32 Å². The molecule has 1 saturated heterocycles. The van der Waals surface area contributed by atoms with Gasteiger partial charge in [0.15, 0.2) is 22.2 Å². The molecule has 0 aromatic heterocycles. The van der Waals surface area contributed by atoms with Crippen LogP contribution in [-0.4, -0.2) is 30.2 Å². The third-order valence-corrected chi connectivity index (χ3v) is 5.57. The largest absolute Gasteiger partial charge is 0.609 e. The summed E-state index contributed by atoms with van der Waals surface area (Å²) >= 11 is -1.10. The van der Waals surface area contributed by atoms with E-state index in [0.29, 0.717) is 23.2 Å². The second kappa shape index (κ2) is 6.63. The van der Waals surface area contributed by atoms with Crippen LogP contribution in [0.2, 0.25) is 0 Å². The van der Waals surface area contributed by atoms with Gasteiger partial charge in [-0.1, -0.05) is 6.07 Å². The molecule has 4 nitrogen and oxygen atoms in total. The Hall–Kier alpha value is -1.76. The van der Waals surface area contributed by atoms with Gasteiger partial charge < -0.3 is 19.3 Å². The Morgan fingerprint density at radius 1 is 1.25 bits per heavy atom. The molecule has 6 heteroatoms. The van der Waals surface area contributed by atoms with Gasteiger partial charge in [0.05, 0.1) is 6.61 Å². The van der Waals surface area contributed by atoms with E-state index >= 15 is 0 Å². The van der Waals surface area contributed by atoms with Crippen LogP contribution in [-0.2, 0) is 11.2 Å². The van der Waals surface area contributed by atoms with Gasteiger partial charge in [0.1, 0.15) is 0 Å². The molecule has 0 radical (unpaired) electrons. The van der Waals surface area contributed by atoms with Crippen molar-refractivity contribution in [1.82, 2.24) is 5.32 Å². The monoisotopic (exact) mass is 347 g/mol. The molecule has 1 unspecified atom stereocenters. The van der Waals surface area contributed by atoms with E-state index in [4.69, 9.17) is 9.47 Å². The van der Waals surface area contributed by atoms with Crippen molar-refractivity contribution in [3.63, 3.8) is 0 Å². The normalized spacial score (nSPS) is 22.2. The average molecular weight is 347 g/mol. The van der Waals surface area contributed by atoms with Crippen molar-refractivity contribution in [1.29, 1.82) is 0 Å². The lowest BCUT2D eigenvalue weighted by atomic mass is 10.0. The van der Waals surface area contributed by atoms with Crippen LogP contribution in [0.5, 0.6) is 11.5 Å². The van der Waals surface area contributed by atoms with E-state index < -0.39 is 11.2 Å². The highest BCUT2D eigenvalue weighted by Gasteiger charge is 2.26. The van der Waals surface area contributed by atoms with Gasteiger partial charge in [-0.05, 0) is 54.4 Å². The molecule has 2 aromatic carbocycles. The summed E-state index contributed by atoms with van der Waals surface area (Å²) in [7, 11) is 0. The topological polar surface area (TPSA) is 53.5 Å². The number of ether oxygens (including phenoxy) is 2. The lowest BCUT2D eigenvalue weighted by Gasteiger charge is -2.12. The van der Waals surface area contributed by atoms with Crippen LogP contribution in [0, 0.1) is 11.7 Å². The maximum atomic E-state index is 14.3. The van der Waals surface area contributed by atoms with Gasteiger partial charge in [0.25, 0.3) is 5.94 Å². The van der Waals surface area contributed by atoms with E-state index in [1.165, 1.54) is 6.07 Å². The molecule has 24 heavy (non-hydrogen) atoms. The maximum absolute atomic E-state index is 14.3. The first-order chi connectivity index (χ1) is 11.7. The number of halogens is 1. The molecule has 1 N–H and O–H groups in total. The maximum Gasteiger partial charge on any atom is 0.250 e. The highest BCUT2D eigenvalue weighted by Crippen LogP contribution is 2.36. The summed E-state index contributed by atoms with van der Waals surface area (Å²) in [5.74, 6) is 1.15. The van der Waals surface area contributed by atoms with Crippen LogP contribution >= 0.6 is 0 Å². The van der Waals surface area contributed by atoms with Crippen molar-refractivity contribution in [3.05, 3.63) is 42.2 Å². The summed E-state index contributed by atoms with van der Waals surface area (Å²) in [6.07, 6.45) is 1.07. The fourth-order valence-electron chi connectivity index (χ4n) is 3.03. The molecule has 0 bridgehead atoms. The van der Waals surface area contributed by atoms with E-state index in [1.807, 2.05) is 12.1 Å². The summed E-state index contributed by atoms with van der Waals surface area (Å²) in [5, 5.41) is 3.27. The van der Waals surface area contributed by atoms with Crippen LogP contribution in [0.3, 0.4) is 0 Å². The molecule has 2 aliphatic heterocycles. The van der Waals surface area contributed by atoms with E-state index in [1.54, 1.807) is 18.2 Å². The summed E-state index contributed by atoms with van der Waals surface area (Å²) < 4.78 is 37.0. The molecule has 126 valence electrons. The standard InChI is InChI=1S/C18H18FNO3S/c19-15-7-13(1-3-16(15)22-10-12-5-6-20-9-12)14-2-4-18-17(8-14)23-11-24(18)21/h1-4,7-8,12,20H,5-6,9-11H2/t12-,24?/m1/s1. The Labute approximate surface area is 143 Å². The van der Waals surface area contributed by atoms with Crippen molar-refractivity contribution in [2.24, 2.45) is 5.92 Å². The zero-order chi connectivity index (χ0) is 16.5. The Bertz CT molecular complexity index is 749. The molecule has 2 aromatic rings. The van der Waals surface area contributed by atoms with Crippen molar-refractivity contribution in [2.75, 3.05) is 25.6 Å². The summed E-state index contributed by atoms with van der Waals surface area (Å²) in [5.41, 5.74) is 1.57. The van der Waals surface area contributed by atoms with Crippen LogP contribution in [0.15, 0.2) is 41.3 Å². The van der Waals surface area contributed by atoms with Crippen LogP contribution in [0.25, 0.3) is 11.1 Å². The van der Waals surface area contributed by atoms with Crippen molar-refractivity contribution in [3.8, 4) is 22.6 Å². The lowest BCUT2D eigenvalue weighted by Crippen LogP contribution is -2.15. The molecule has 2 heterocycles. The first kappa shape index (κ1) is 15.7. The first-order valence-electron chi connectivity index (χ1n) is 7.99. The van der Waals surface area contributed by atoms with E-state index in [-0.39, 0.29) is 17.5 Å². The van der Waals surface area contributed by atoms with Crippen molar-refractivity contribution in [2.45, 2.75) is 11.3 Å². The number of hydrogen-bond donors (Lipinski definition) is 1. The molecule has 2 atom stereocenters. The number of rotatable bonds is 4. The summed E-state index contributed by atoms with van der Waals surface area (Å²) in [6.45, 7) is 2.46. The van der Waals surface area contributed by atoms with Gasteiger partial charge in [-0.15, -0.1) is 0 Å². The zero-order valence-corrected chi connectivity index (χ0v) is 13.9. The minimum absolute atomic E-state index is 0.190. The molecular weight excluding hydrogens is 329 g/mol. The van der Waals surface area contributed by atoms with Gasteiger partial charge in [-0.3, -0.25) is 0 Å². The highest BCUT2D eigenvalue weighted by molar-refractivity contribution is 7.91. The number of benzene rings is 2. The summed E-state index contributed by atoms with van der Waals surface area (Å²) in [6, 6.07) is 10.4. The van der Waals surface area contributed by atoms with E-state index in [0.717, 1.165) is 30.6 Å². The smallest absolute Gasteiger partial charge is 0.250 e. The quantitative estimate of drug-likeness (QED) is 0.864. The van der Waals surface area contributed by atoms with E-state index in [9.17, 15) is 8.94 Å². The molecule has 1 fully saturated rings. The van der Waals surface area contributed by atoms with Gasteiger partial charge in [0.2, 0.25) is 0 Å². The molecule has 2 aliphatic rings. The van der Waals surface area contributed by atoms with Crippen molar-refractivity contribution >= 4 is 11.2 Å². The third kappa shape index (κ3) is 3.09.